The van der Waals surface area contributed by atoms with Gasteiger partial charge in [-0.2, -0.15) is 0 Å². The van der Waals surface area contributed by atoms with Crippen molar-refractivity contribution in [3.8, 4) is 0 Å². The Hall–Kier alpha value is -2.09. The smallest absolute Gasteiger partial charge is 0.348 e. The van der Waals surface area contributed by atoms with E-state index < -0.39 is 23.5 Å². The molecule has 0 aliphatic carbocycles. The Bertz CT molecular complexity index is 504. The fourth-order valence-corrected chi connectivity index (χ4v) is 1.83. The molecular weight excluding hydrogens is 290 g/mol. The van der Waals surface area contributed by atoms with Gasteiger partial charge in [-0.15, -0.1) is 5.10 Å². The molecule has 2 rings (SSSR count). The summed E-state index contributed by atoms with van der Waals surface area (Å²) < 4.78 is 10.1. The van der Waals surface area contributed by atoms with Crippen LogP contribution < -0.4 is 0 Å². The molecule has 0 saturated carbocycles. The highest BCUT2D eigenvalue weighted by atomic mass is 35.5. The number of hydrogen-bond acceptors (Lipinski definition) is 6. The predicted molar refractivity (Wildman–Crippen MR) is 68.1 cm³/mol. The van der Waals surface area contributed by atoms with Crippen LogP contribution in [0.5, 0.6) is 0 Å². The van der Waals surface area contributed by atoms with Crippen LogP contribution in [-0.4, -0.2) is 59.0 Å². The molecular formula is C11H12ClN3O5. The van der Waals surface area contributed by atoms with Gasteiger partial charge in [-0.1, -0.05) is 0 Å². The van der Waals surface area contributed by atoms with Gasteiger partial charge in [-0.25, -0.2) is 14.7 Å². The molecule has 0 aromatic heterocycles. The van der Waals surface area contributed by atoms with E-state index in [4.69, 9.17) is 21.1 Å². The Labute approximate surface area is 119 Å². The molecule has 0 aromatic rings. The van der Waals surface area contributed by atoms with Gasteiger partial charge in [0.1, 0.15) is 6.61 Å². The Morgan fingerprint density at radius 3 is 2.90 bits per heavy atom. The number of hydrazone groups is 1. The van der Waals surface area contributed by atoms with Crippen LogP contribution in [0, 0.1) is 0 Å². The van der Waals surface area contributed by atoms with Crippen LogP contribution in [0.15, 0.2) is 17.3 Å². The van der Waals surface area contributed by atoms with E-state index in [-0.39, 0.29) is 25.6 Å². The van der Waals surface area contributed by atoms with Gasteiger partial charge < -0.3 is 9.47 Å². The highest BCUT2D eigenvalue weighted by Gasteiger charge is 2.33. The van der Waals surface area contributed by atoms with Crippen LogP contribution >= 0.6 is 11.6 Å². The molecule has 2 aliphatic rings. The molecule has 20 heavy (non-hydrogen) atoms. The number of urea groups is 1. The number of nitrogens with zero attached hydrogens (tertiary/aromatic N) is 3. The van der Waals surface area contributed by atoms with Crippen molar-refractivity contribution < 1.29 is 23.9 Å². The van der Waals surface area contributed by atoms with Crippen LogP contribution in [0.1, 0.15) is 6.92 Å². The minimum atomic E-state index is -0.840. The number of rotatable bonds is 3. The average molecular weight is 302 g/mol. The van der Waals surface area contributed by atoms with E-state index in [2.05, 4.69) is 5.10 Å². The van der Waals surface area contributed by atoms with Gasteiger partial charge in [0.05, 0.1) is 13.1 Å². The lowest BCUT2D eigenvalue weighted by Gasteiger charge is -2.12. The first-order valence-corrected chi connectivity index (χ1v) is 6.20. The predicted octanol–water partition coefficient (Wildman–Crippen LogP) is 0.914. The zero-order chi connectivity index (χ0) is 14.7. The third-order valence-electron chi connectivity index (χ3n) is 2.60. The third-order valence-corrected chi connectivity index (χ3v) is 2.80. The second-order valence-corrected chi connectivity index (χ2v) is 4.39. The first-order chi connectivity index (χ1) is 9.47. The summed E-state index contributed by atoms with van der Waals surface area (Å²) >= 11 is 5.25. The quantitative estimate of drug-likeness (QED) is 0.439. The highest BCUT2D eigenvalue weighted by molar-refractivity contribution is 6.64. The summed E-state index contributed by atoms with van der Waals surface area (Å²) in [6, 6.07) is -0.599. The normalized spacial score (nSPS) is 23.4. The molecule has 8 nitrogen and oxygen atoms in total. The summed E-state index contributed by atoms with van der Waals surface area (Å²) in [5, 5.41) is 4.22. The second kappa shape index (κ2) is 5.91. The second-order valence-electron chi connectivity index (χ2n) is 4.07. The summed E-state index contributed by atoms with van der Waals surface area (Å²) in [6.45, 7) is 1.80. The highest BCUT2D eigenvalue weighted by Crippen LogP contribution is 2.14. The molecule has 2 heterocycles. The molecule has 1 fully saturated rings. The largest absolute Gasteiger partial charge is 0.465 e. The molecule has 9 heteroatoms. The molecule has 0 aromatic carbocycles. The maximum atomic E-state index is 11.7. The number of carbonyl (C=O) groups excluding carboxylic acids is 3. The topological polar surface area (TPSA) is 88.5 Å². The van der Waals surface area contributed by atoms with E-state index in [9.17, 15) is 14.4 Å². The van der Waals surface area contributed by atoms with Gasteiger partial charge in [-0.3, -0.25) is 9.59 Å². The average Bonchev–Trinajstić information content (AvgIpc) is 2.95. The standard InChI is InChI=1S/C11H12ClN3O5/c1-7(16)19-6-8-2-3-9(20-8)13-15-5-4-14(10(12)17)11(15)18/h2-3,8H,4-6H2,1H3. The molecule has 0 radical (unpaired) electrons. The van der Waals surface area contributed by atoms with E-state index in [1.807, 2.05) is 0 Å². The van der Waals surface area contributed by atoms with Crippen molar-refractivity contribution in [3.63, 3.8) is 0 Å². The van der Waals surface area contributed by atoms with E-state index in [0.717, 1.165) is 9.91 Å². The third kappa shape index (κ3) is 3.27. The van der Waals surface area contributed by atoms with Crippen molar-refractivity contribution in [2.75, 3.05) is 19.7 Å². The fourth-order valence-electron chi connectivity index (χ4n) is 1.67. The Morgan fingerprint density at radius 1 is 1.55 bits per heavy atom. The number of ether oxygens (including phenoxy) is 2. The molecule has 1 saturated heterocycles. The summed E-state index contributed by atoms with van der Waals surface area (Å²) in [5.41, 5.74) is 0. The van der Waals surface area contributed by atoms with E-state index >= 15 is 0 Å². The van der Waals surface area contributed by atoms with Gasteiger partial charge in [0, 0.05) is 13.0 Å². The molecule has 1 unspecified atom stereocenters. The van der Waals surface area contributed by atoms with Crippen molar-refractivity contribution in [1.29, 1.82) is 0 Å². The number of hydrogen-bond donors (Lipinski definition) is 0. The Kier molecular flexibility index (Phi) is 4.23. The lowest BCUT2D eigenvalue weighted by Crippen LogP contribution is -2.31. The fraction of sp³-hybridized carbons (Fsp3) is 0.455. The summed E-state index contributed by atoms with van der Waals surface area (Å²) in [4.78, 5) is 34.2. The zero-order valence-corrected chi connectivity index (χ0v) is 11.4. The van der Waals surface area contributed by atoms with Gasteiger partial charge in [0.15, 0.2) is 6.10 Å². The number of imide groups is 1. The Morgan fingerprint density at radius 2 is 2.30 bits per heavy atom. The zero-order valence-electron chi connectivity index (χ0n) is 10.6. The molecule has 108 valence electrons. The number of carbonyl (C=O) groups is 3. The minimum Gasteiger partial charge on any atom is -0.465 e. The van der Waals surface area contributed by atoms with Crippen molar-refractivity contribution in [2.45, 2.75) is 13.0 Å². The lowest BCUT2D eigenvalue weighted by atomic mass is 10.4. The Balaban J connectivity index is 1.91. The lowest BCUT2D eigenvalue weighted by molar-refractivity contribution is -0.142. The number of esters is 1. The maximum absolute atomic E-state index is 11.7. The van der Waals surface area contributed by atoms with E-state index in [0.29, 0.717) is 0 Å². The monoisotopic (exact) mass is 301 g/mol. The minimum absolute atomic E-state index is 0.0745. The van der Waals surface area contributed by atoms with E-state index in [1.165, 1.54) is 6.92 Å². The van der Waals surface area contributed by atoms with Crippen molar-refractivity contribution in [1.82, 2.24) is 9.91 Å². The van der Waals surface area contributed by atoms with Crippen LogP contribution in [0.2, 0.25) is 0 Å². The van der Waals surface area contributed by atoms with Gasteiger partial charge in [-0.05, 0) is 17.7 Å². The molecule has 3 amide bonds. The first kappa shape index (κ1) is 14.3. The summed E-state index contributed by atoms with van der Waals surface area (Å²) in [7, 11) is 0. The molecule has 0 spiro atoms. The van der Waals surface area contributed by atoms with E-state index in [1.54, 1.807) is 12.2 Å². The van der Waals surface area contributed by atoms with Gasteiger partial charge >= 0.3 is 17.4 Å². The molecule has 1 atom stereocenters. The van der Waals surface area contributed by atoms with Crippen LogP contribution in [0.4, 0.5) is 9.59 Å². The van der Waals surface area contributed by atoms with Gasteiger partial charge in [0.25, 0.3) is 0 Å². The van der Waals surface area contributed by atoms with Crippen LogP contribution in [0.3, 0.4) is 0 Å². The maximum Gasteiger partial charge on any atom is 0.348 e. The summed E-state index contributed by atoms with van der Waals surface area (Å²) in [5.74, 6) is -0.197. The van der Waals surface area contributed by atoms with Crippen molar-refractivity contribution in [2.24, 2.45) is 5.10 Å². The number of halogens is 1. The van der Waals surface area contributed by atoms with Crippen molar-refractivity contribution in [3.05, 3.63) is 12.2 Å². The van der Waals surface area contributed by atoms with Crippen LogP contribution in [-0.2, 0) is 14.3 Å². The molecule has 0 bridgehead atoms. The number of amides is 3. The molecule has 2 aliphatic heterocycles. The van der Waals surface area contributed by atoms with Gasteiger partial charge in [0.2, 0.25) is 5.90 Å². The SMILES string of the molecule is CC(=O)OCC1C=CC(=NN2CCN(C(=O)Cl)C2=O)O1. The van der Waals surface area contributed by atoms with Crippen LogP contribution in [0.25, 0.3) is 0 Å². The summed E-state index contributed by atoms with van der Waals surface area (Å²) in [6.07, 6.45) is 2.79. The molecule has 0 N–H and O–H groups in total. The first-order valence-electron chi connectivity index (χ1n) is 5.82. The van der Waals surface area contributed by atoms with Crippen molar-refractivity contribution >= 4 is 34.9 Å².